The molecule has 1 amide bonds. The molecule has 2 aromatic carbocycles. The molecule has 0 aliphatic carbocycles. The van der Waals surface area contributed by atoms with Gasteiger partial charge in [0.25, 0.3) is 0 Å². The maximum atomic E-state index is 12.7. The van der Waals surface area contributed by atoms with Crippen LogP contribution in [-0.4, -0.2) is 56.5 Å². The summed E-state index contributed by atoms with van der Waals surface area (Å²) in [5.74, 6) is 1.53. The van der Waals surface area contributed by atoms with E-state index in [1.807, 2.05) is 41.3 Å². The molecule has 1 aromatic heterocycles. The van der Waals surface area contributed by atoms with E-state index in [1.165, 1.54) is 5.69 Å². The SMILES string of the molecule is CN=C(NCC(=O)N1CCN(c2ccccc2)CC1)NCc1oc2ccccc2c1C. The van der Waals surface area contributed by atoms with Gasteiger partial charge in [0.2, 0.25) is 5.91 Å². The summed E-state index contributed by atoms with van der Waals surface area (Å²) < 4.78 is 5.94. The van der Waals surface area contributed by atoms with Gasteiger partial charge in [-0.3, -0.25) is 9.79 Å². The fraction of sp³-hybridized carbons (Fsp3) is 0.333. The van der Waals surface area contributed by atoms with Crippen molar-refractivity contribution in [2.24, 2.45) is 4.99 Å². The smallest absolute Gasteiger partial charge is 0.242 e. The normalized spacial score (nSPS) is 14.7. The molecular formula is C24H29N5O2. The number of aryl methyl sites for hydroxylation is 1. The quantitative estimate of drug-likeness (QED) is 0.491. The van der Waals surface area contributed by atoms with E-state index in [4.69, 9.17) is 4.42 Å². The molecule has 0 radical (unpaired) electrons. The monoisotopic (exact) mass is 419 g/mol. The minimum atomic E-state index is 0.0792. The van der Waals surface area contributed by atoms with Crippen molar-refractivity contribution in [3.05, 3.63) is 65.9 Å². The topological polar surface area (TPSA) is 73.1 Å². The van der Waals surface area contributed by atoms with Crippen molar-refractivity contribution < 1.29 is 9.21 Å². The molecule has 0 atom stereocenters. The summed E-state index contributed by atoms with van der Waals surface area (Å²) in [7, 11) is 1.70. The number of furan rings is 1. The van der Waals surface area contributed by atoms with Gasteiger partial charge in [0.05, 0.1) is 13.1 Å². The molecule has 31 heavy (non-hydrogen) atoms. The number of carbonyl (C=O) groups excluding carboxylic acids is 1. The first-order chi connectivity index (χ1) is 15.2. The highest BCUT2D eigenvalue weighted by Crippen LogP contribution is 2.24. The highest BCUT2D eigenvalue weighted by Gasteiger charge is 2.21. The Labute approximate surface area is 182 Å². The van der Waals surface area contributed by atoms with Crippen LogP contribution in [0.4, 0.5) is 5.69 Å². The maximum Gasteiger partial charge on any atom is 0.242 e. The Bertz CT molecular complexity index is 1050. The number of anilines is 1. The number of fused-ring (bicyclic) bond motifs is 1. The minimum Gasteiger partial charge on any atom is -0.459 e. The molecule has 1 saturated heterocycles. The number of guanidine groups is 1. The van der Waals surface area contributed by atoms with Crippen molar-refractivity contribution in [1.29, 1.82) is 0 Å². The largest absolute Gasteiger partial charge is 0.459 e. The van der Waals surface area contributed by atoms with E-state index in [-0.39, 0.29) is 12.5 Å². The van der Waals surface area contributed by atoms with E-state index in [0.717, 1.165) is 48.5 Å². The number of piperazine rings is 1. The number of benzene rings is 2. The van der Waals surface area contributed by atoms with E-state index < -0.39 is 0 Å². The third-order valence-electron chi connectivity index (χ3n) is 5.74. The van der Waals surface area contributed by atoms with Crippen LogP contribution >= 0.6 is 0 Å². The summed E-state index contributed by atoms with van der Waals surface area (Å²) in [6.07, 6.45) is 0. The lowest BCUT2D eigenvalue weighted by atomic mass is 10.1. The van der Waals surface area contributed by atoms with Crippen LogP contribution < -0.4 is 15.5 Å². The molecule has 3 aromatic rings. The third-order valence-corrected chi connectivity index (χ3v) is 5.74. The van der Waals surface area contributed by atoms with E-state index in [2.05, 4.69) is 45.6 Å². The lowest BCUT2D eigenvalue weighted by Gasteiger charge is -2.36. The average Bonchev–Trinajstić information content (AvgIpc) is 3.15. The third kappa shape index (κ3) is 4.82. The summed E-state index contributed by atoms with van der Waals surface area (Å²) in [5.41, 5.74) is 3.20. The highest BCUT2D eigenvalue weighted by molar-refractivity contribution is 5.87. The van der Waals surface area contributed by atoms with Crippen LogP contribution in [0.3, 0.4) is 0 Å². The fourth-order valence-corrected chi connectivity index (χ4v) is 3.90. The second-order valence-corrected chi connectivity index (χ2v) is 7.63. The van der Waals surface area contributed by atoms with E-state index in [9.17, 15) is 4.79 Å². The summed E-state index contributed by atoms with van der Waals surface area (Å²) in [5, 5.41) is 7.48. The van der Waals surface area contributed by atoms with Gasteiger partial charge in [0.15, 0.2) is 5.96 Å². The van der Waals surface area contributed by atoms with Gasteiger partial charge in [0, 0.05) is 49.9 Å². The number of amides is 1. The van der Waals surface area contributed by atoms with Crippen LogP contribution in [0, 0.1) is 6.92 Å². The van der Waals surface area contributed by atoms with E-state index >= 15 is 0 Å². The lowest BCUT2D eigenvalue weighted by Crippen LogP contribution is -2.52. The Kier molecular flexibility index (Phi) is 6.40. The van der Waals surface area contributed by atoms with Gasteiger partial charge < -0.3 is 24.9 Å². The number of nitrogens with one attached hydrogen (secondary N) is 2. The van der Waals surface area contributed by atoms with Crippen LogP contribution in [0.15, 0.2) is 64.0 Å². The molecule has 7 nitrogen and oxygen atoms in total. The molecule has 1 aliphatic rings. The molecular weight excluding hydrogens is 390 g/mol. The average molecular weight is 420 g/mol. The predicted octanol–water partition coefficient (Wildman–Crippen LogP) is 2.76. The number of rotatable bonds is 5. The number of hydrogen-bond donors (Lipinski definition) is 2. The second-order valence-electron chi connectivity index (χ2n) is 7.63. The first kappa shape index (κ1) is 20.8. The summed E-state index contributed by atoms with van der Waals surface area (Å²) in [6.45, 7) is 5.90. The van der Waals surface area contributed by atoms with Gasteiger partial charge in [-0.2, -0.15) is 0 Å². The first-order valence-electron chi connectivity index (χ1n) is 10.6. The summed E-state index contributed by atoms with van der Waals surface area (Å²) >= 11 is 0. The Balaban J connectivity index is 1.25. The van der Waals surface area contributed by atoms with Gasteiger partial charge in [-0.1, -0.05) is 36.4 Å². The Morgan fingerprint density at radius 3 is 2.42 bits per heavy atom. The molecule has 0 spiro atoms. The lowest BCUT2D eigenvalue weighted by molar-refractivity contribution is -0.130. The second kappa shape index (κ2) is 9.55. The molecule has 2 heterocycles. The van der Waals surface area contributed by atoms with Crippen LogP contribution in [0.5, 0.6) is 0 Å². The fourth-order valence-electron chi connectivity index (χ4n) is 3.90. The molecule has 0 saturated carbocycles. The van der Waals surface area contributed by atoms with Crippen molar-refractivity contribution in [2.75, 3.05) is 44.7 Å². The number of para-hydroxylation sites is 2. The number of carbonyl (C=O) groups is 1. The zero-order valence-electron chi connectivity index (χ0n) is 18.1. The van der Waals surface area contributed by atoms with Gasteiger partial charge in [-0.15, -0.1) is 0 Å². The van der Waals surface area contributed by atoms with Gasteiger partial charge in [-0.25, -0.2) is 0 Å². The molecule has 4 rings (SSSR count). The minimum absolute atomic E-state index is 0.0792. The zero-order chi connectivity index (χ0) is 21.6. The van der Waals surface area contributed by atoms with Crippen LogP contribution in [0.25, 0.3) is 11.0 Å². The molecule has 7 heteroatoms. The van der Waals surface area contributed by atoms with E-state index in [1.54, 1.807) is 7.05 Å². The van der Waals surface area contributed by atoms with Gasteiger partial charge >= 0.3 is 0 Å². The standard InChI is InChI=1S/C24H29N5O2/c1-18-20-10-6-7-11-21(20)31-22(18)16-26-24(25-2)27-17-23(30)29-14-12-28(13-15-29)19-8-4-3-5-9-19/h3-11H,12-17H2,1-2H3,(H2,25,26,27). The summed E-state index contributed by atoms with van der Waals surface area (Å²) in [4.78, 5) is 21.1. The first-order valence-corrected chi connectivity index (χ1v) is 10.6. The van der Waals surface area contributed by atoms with Crippen molar-refractivity contribution >= 4 is 28.5 Å². The summed E-state index contributed by atoms with van der Waals surface area (Å²) in [6, 6.07) is 18.3. The Morgan fingerprint density at radius 1 is 1.00 bits per heavy atom. The number of nitrogens with zero attached hydrogens (tertiary/aromatic N) is 3. The van der Waals surface area contributed by atoms with Crippen LogP contribution in [0.2, 0.25) is 0 Å². The maximum absolute atomic E-state index is 12.7. The van der Waals surface area contributed by atoms with Crippen molar-refractivity contribution in [2.45, 2.75) is 13.5 Å². The highest BCUT2D eigenvalue weighted by atomic mass is 16.3. The Hall–Kier alpha value is -3.48. The molecule has 2 N–H and O–H groups in total. The predicted molar refractivity (Wildman–Crippen MR) is 124 cm³/mol. The zero-order valence-corrected chi connectivity index (χ0v) is 18.1. The molecule has 0 unspecified atom stereocenters. The molecule has 1 aliphatic heterocycles. The van der Waals surface area contributed by atoms with Crippen LogP contribution in [0.1, 0.15) is 11.3 Å². The molecule has 1 fully saturated rings. The van der Waals surface area contributed by atoms with Crippen LogP contribution in [-0.2, 0) is 11.3 Å². The van der Waals surface area contributed by atoms with Crippen molar-refractivity contribution in [3.63, 3.8) is 0 Å². The molecule has 162 valence electrons. The van der Waals surface area contributed by atoms with Gasteiger partial charge in [0.1, 0.15) is 11.3 Å². The Morgan fingerprint density at radius 2 is 1.71 bits per heavy atom. The van der Waals surface area contributed by atoms with Crippen molar-refractivity contribution in [3.8, 4) is 0 Å². The van der Waals surface area contributed by atoms with Crippen molar-refractivity contribution in [1.82, 2.24) is 15.5 Å². The van der Waals surface area contributed by atoms with E-state index in [0.29, 0.717) is 12.5 Å². The number of aliphatic imine (C=N–C) groups is 1. The van der Waals surface area contributed by atoms with Gasteiger partial charge in [-0.05, 0) is 25.1 Å². The molecule has 0 bridgehead atoms. The number of hydrogen-bond acceptors (Lipinski definition) is 4.